The summed E-state index contributed by atoms with van der Waals surface area (Å²) in [5.74, 6) is -1.14. The second-order valence-electron chi connectivity index (χ2n) is 9.50. The van der Waals surface area contributed by atoms with Crippen LogP contribution < -0.4 is 14.4 Å². The number of sulfonamides is 1. The summed E-state index contributed by atoms with van der Waals surface area (Å²) in [6.07, 6.45) is 0.671. The summed E-state index contributed by atoms with van der Waals surface area (Å²) in [6.45, 7) is 6.64. The molecule has 1 N–H and O–H groups in total. The molecule has 8 nitrogen and oxygen atoms in total. The number of hydrogen-bond donors (Lipinski definition) is 1. The highest BCUT2D eigenvalue weighted by atomic mass is 35.5. The summed E-state index contributed by atoms with van der Waals surface area (Å²) in [5, 5.41) is 3.20. The number of carbonyl (C=O) groups excluding carboxylic acids is 2. The van der Waals surface area contributed by atoms with E-state index >= 15 is 0 Å². The third-order valence-corrected chi connectivity index (χ3v) is 8.62. The molecule has 0 aliphatic carbocycles. The van der Waals surface area contributed by atoms with Crippen molar-refractivity contribution in [3.05, 3.63) is 89.2 Å². The normalized spacial score (nSPS) is 12.7. The highest BCUT2D eigenvalue weighted by Gasteiger charge is 2.33. The molecule has 2 atom stereocenters. The predicted octanol–water partition coefficient (Wildman–Crippen LogP) is 5.41. The molecule has 3 aromatic carbocycles. The number of ether oxygens (including phenoxy) is 1. The van der Waals surface area contributed by atoms with Gasteiger partial charge in [0, 0.05) is 23.2 Å². The van der Waals surface area contributed by atoms with Crippen molar-refractivity contribution in [2.45, 2.75) is 57.6 Å². The summed E-state index contributed by atoms with van der Waals surface area (Å²) in [7, 11) is -4.26. The lowest BCUT2D eigenvalue weighted by Crippen LogP contribution is -2.52. The molecule has 0 saturated carbocycles. The van der Waals surface area contributed by atoms with Gasteiger partial charge < -0.3 is 15.0 Å². The van der Waals surface area contributed by atoms with Gasteiger partial charge in [-0.05, 0) is 81.8 Å². The van der Waals surface area contributed by atoms with Crippen molar-refractivity contribution in [3.63, 3.8) is 0 Å². The second kappa shape index (κ2) is 14.3. The van der Waals surface area contributed by atoms with Crippen molar-refractivity contribution in [3.8, 4) is 5.75 Å². The zero-order valence-electron chi connectivity index (χ0n) is 23.5. The molecule has 3 rings (SSSR count). The molecule has 0 heterocycles. The number of rotatable bonds is 13. The van der Waals surface area contributed by atoms with Crippen molar-refractivity contribution in [2.75, 3.05) is 17.5 Å². The average molecular weight is 604 g/mol. The van der Waals surface area contributed by atoms with Gasteiger partial charge in [-0.25, -0.2) is 12.8 Å². The maximum atomic E-state index is 14.6. The van der Waals surface area contributed by atoms with E-state index in [1.807, 2.05) is 20.8 Å². The number of amides is 2. The fourth-order valence-corrected chi connectivity index (χ4v) is 5.54. The van der Waals surface area contributed by atoms with E-state index in [0.717, 1.165) is 4.31 Å². The average Bonchev–Trinajstić information content (AvgIpc) is 2.95. The number of anilines is 1. The Balaban J connectivity index is 2.04. The zero-order valence-corrected chi connectivity index (χ0v) is 25.1. The molecule has 2 unspecified atom stereocenters. The summed E-state index contributed by atoms with van der Waals surface area (Å²) >= 11 is 5.98. The van der Waals surface area contributed by atoms with Crippen molar-refractivity contribution in [1.29, 1.82) is 0 Å². The monoisotopic (exact) mass is 603 g/mol. The molecule has 41 heavy (non-hydrogen) atoms. The lowest BCUT2D eigenvalue weighted by atomic mass is 10.1. The zero-order chi connectivity index (χ0) is 30.2. The van der Waals surface area contributed by atoms with Crippen molar-refractivity contribution in [2.24, 2.45) is 0 Å². The SMILES string of the molecule is CCOc1ccc(N(CC(=O)N(Cc2ccccc2F)C(C)C(=O)NC(C)CC)S(=O)(=O)c2ccc(Cl)cc2)cc1. The molecule has 0 radical (unpaired) electrons. The van der Waals surface area contributed by atoms with E-state index in [1.54, 1.807) is 18.2 Å². The van der Waals surface area contributed by atoms with Gasteiger partial charge in [0.2, 0.25) is 11.8 Å². The fraction of sp³-hybridized carbons (Fsp3) is 0.333. The highest BCUT2D eigenvalue weighted by molar-refractivity contribution is 7.92. The minimum atomic E-state index is -4.26. The van der Waals surface area contributed by atoms with E-state index in [2.05, 4.69) is 5.32 Å². The minimum Gasteiger partial charge on any atom is -0.494 e. The predicted molar refractivity (Wildman–Crippen MR) is 158 cm³/mol. The third kappa shape index (κ3) is 8.20. The van der Waals surface area contributed by atoms with E-state index < -0.39 is 40.2 Å². The molecule has 0 bridgehead atoms. The Morgan fingerprint density at radius 3 is 2.20 bits per heavy atom. The number of nitrogens with one attached hydrogen (secondary N) is 1. The standard InChI is InChI=1S/C30H35ClFN3O5S/c1-5-21(3)33-30(37)22(4)34(19-23-9-7-8-10-28(23)32)29(36)20-35(25-13-15-26(16-14-25)40-6-2)41(38,39)27-17-11-24(31)12-18-27/h7-18,21-22H,5-6,19-20H2,1-4H3,(H,33,37). The summed E-state index contributed by atoms with van der Waals surface area (Å²) in [4.78, 5) is 28.1. The Morgan fingerprint density at radius 1 is 0.976 bits per heavy atom. The van der Waals surface area contributed by atoms with Crippen LogP contribution in [0.2, 0.25) is 5.02 Å². The van der Waals surface area contributed by atoms with Crippen LogP contribution in [0.5, 0.6) is 5.75 Å². The molecule has 0 fully saturated rings. The Labute approximate surface area is 246 Å². The van der Waals surface area contributed by atoms with E-state index in [0.29, 0.717) is 23.8 Å². The van der Waals surface area contributed by atoms with Crippen molar-refractivity contribution in [1.82, 2.24) is 10.2 Å². The van der Waals surface area contributed by atoms with Gasteiger partial charge in [-0.2, -0.15) is 0 Å². The number of hydrogen-bond acceptors (Lipinski definition) is 5. The van der Waals surface area contributed by atoms with Crippen LogP contribution in [0.3, 0.4) is 0 Å². The van der Waals surface area contributed by atoms with Gasteiger partial charge in [0.05, 0.1) is 17.2 Å². The first kappa shape index (κ1) is 31.9. The number of halogens is 2. The van der Waals surface area contributed by atoms with Crippen LogP contribution >= 0.6 is 11.6 Å². The number of carbonyl (C=O) groups is 2. The van der Waals surface area contributed by atoms with Gasteiger partial charge in [0.15, 0.2) is 0 Å². The smallest absolute Gasteiger partial charge is 0.264 e. The van der Waals surface area contributed by atoms with Crippen LogP contribution in [-0.4, -0.2) is 50.4 Å². The molecule has 2 amide bonds. The van der Waals surface area contributed by atoms with E-state index in [4.69, 9.17) is 16.3 Å². The first-order valence-electron chi connectivity index (χ1n) is 13.3. The molecule has 0 saturated heterocycles. The third-order valence-electron chi connectivity index (χ3n) is 6.58. The summed E-state index contributed by atoms with van der Waals surface area (Å²) in [5.41, 5.74) is 0.400. The van der Waals surface area contributed by atoms with Crippen LogP contribution in [0.1, 0.15) is 39.7 Å². The van der Waals surface area contributed by atoms with E-state index in [1.165, 1.54) is 66.4 Å². The minimum absolute atomic E-state index is 0.0770. The molecule has 0 spiro atoms. The molecule has 3 aromatic rings. The van der Waals surface area contributed by atoms with Crippen LogP contribution in [-0.2, 0) is 26.2 Å². The van der Waals surface area contributed by atoms with Crippen LogP contribution in [0.25, 0.3) is 0 Å². The Hall–Kier alpha value is -3.63. The van der Waals surface area contributed by atoms with Crippen LogP contribution in [0, 0.1) is 5.82 Å². The molecule has 0 aromatic heterocycles. The van der Waals surface area contributed by atoms with Gasteiger partial charge in [-0.3, -0.25) is 13.9 Å². The van der Waals surface area contributed by atoms with Gasteiger partial charge in [-0.1, -0.05) is 36.7 Å². The van der Waals surface area contributed by atoms with E-state index in [9.17, 15) is 22.4 Å². The molecule has 11 heteroatoms. The lowest BCUT2D eigenvalue weighted by molar-refractivity contribution is -0.139. The second-order valence-corrected chi connectivity index (χ2v) is 11.8. The molecular weight excluding hydrogens is 569 g/mol. The molecule has 0 aliphatic heterocycles. The molecule has 220 valence electrons. The van der Waals surface area contributed by atoms with Crippen LogP contribution in [0.15, 0.2) is 77.7 Å². The largest absolute Gasteiger partial charge is 0.494 e. The van der Waals surface area contributed by atoms with Gasteiger partial charge in [0.1, 0.15) is 24.2 Å². The van der Waals surface area contributed by atoms with Gasteiger partial charge in [-0.15, -0.1) is 0 Å². The quantitative estimate of drug-likeness (QED) is 0.282. The summed E-state index contributed by atoms with van der Waals surface area (Å²) in [6, 6.07) is 16.6. The number of nitrogens with zero attached hydrogens (tertiary/aromatic N) is 2. The molecule has 0 aliphatic rings. The summed E-state index contributed by atoms with van der Waals surface area (Å²) < 4.78 is 48.8. The highest BCUT2D eigenvalue weighted by Crippen LogP contribution is 2.27. The van der Waals surface area contributed by atoms with E-state index in [-0.39, 0.29) is 28.7 Å². The fourth-order valence-electron chi connectivity index (χ4n) is 4.00. The maximum Gasteiger partial charge on any atom is 0.264 e. The Morgan fingerprint density at radius 2 is 1.61 bits per heavy atom. The van der Waals surface area contributed by atoms with Crippen LogP contribution in [0.4, 0.5) is 10.1 Å². The Bertz CT molecular complexity index is 1440. The first-order valence-corrected chi connectivity index (χ1v) is 15.1. The van der Waals surface area contributed by atoms with Crippen molar-refractivity contribution < 1.29 is 27.1 Å². The molecular formula is C30H35ClFN3O5S. The number of benzene rings is 3. The van der Waals surface area contributed by atoms with Gasteiger partial charge >= 0.3 is 0 Å². The van der Waals surface area contributed by atoms with Crippen molar-refractivity contribution >= 4 is 39.1 Å². The first-order chi connectivity index (χ1) is 19.5. The topological polar surface area (TPSA) is 96.0 Å². The van der Waals surface area contributed by atoms with Gasteiger partial charge in [0.25, 0.3) is 10.0 Å². The maximum absolute atomic E-state index is 14.6. The lowest BCUT2D eigenvalue weighted by Gasteiger charge is -2.32. The Kier molecular flexibility index (Phi) is 11.1.